The van der Waals surface area contributed by atoms with Crippen LogP contribution in [0.5, 0.6) is 11.8 Å². The number of nitrogens with one attached hydrogen (secondary N) is 4. The Kier molecular flexibility index (Phi) is 49.0. The maximum Gasteiger partial charge on any atom is 0.333 e. The normalized spacial score (nSPS) is 11.9. The Labute approximate surface area is 567 Å². The molecule has 1 aromatic heterocycles. The summed E-state index contributed by atoms with van der Waals surface area (Å²) >= 11 is 0. The second-order valence-electron chi connectivity index (χ2n) is 21.7. The number of carbonyl (C=O) groups excluding carboxylic acids is 8. The highest BCUT2D eigenvalue weighted by Crippen LogP contribution is 2.19. The van der Waals surface area contributed by atoms with Crippen molar-refractivity contribution >= 4 is 47.3 Å². The van der Waals surface area contributed by atoms with E-state index in [9.17, 15) is 130 Å². The molecule has 0 unspecified atom stereocenters. The molecule has 0 atom stereocenters. The highest BCUT2D eigenvalue weighted by molar-refractivity contribution is 5.95. The van der Waals surface area contributed by atoms with E-state index in [1.807, 2.05) is 0 Å². The zero-order valence-electron chi connectivity index (χ0n) is 54.5. The van der Waals surface area contributed by atoms with Crippen molar-refractivity contribution in [2.75, 3.05) is 198 Å². The number of amides is 7. The number of aliphatic hydroxyl groups is 16. The van der Waals surface area contributed by atoms with Gasteiger partial charge in [-0.1, -0.05) is 0 Å². The first-order valence-corrected chi connectivity index (χ1v) is 30.9. The fourth-order valence-electron chi connectivity index (χ4n) is 7.87. The summed E-state index contributed by atoms with van der Waals surface area (Å²) in [4.78, 5) is 120. The van der Waals surface area contributed by atoms with E-state index < -0.39 is 343 Å². The van der Waals surface area contributed by atoms with Gasteiger partial charge in [0.05, 0.1) is 189 Å². The molecule has 0 aliphatic carbocycles. The van der Waals surface area contributed by atoms with E-state index in [0.717, 1.165) is 12.1 Å². The predicted molar refractivity (Wildman–Crippen MR) is 327 cm³/mol. The molecule has 574 valence electrons. The van der Waals surface area contributed by atoms with Crippen molar-refractivity contribution in [2.45, 2.75) is 85.8 Å². The van der Waals surface area contributed by atoms with E-state index in [-0.39, 0.29) is 4.73 Å². The van der Waals surface area contributed by atoms with Gasteiger partial charge in [0.2, 0.25) is 53.1 Å². The summed E-state index contributed by atoms with van der Waals surface area (Å²) in [5.41, 5.74) is 0. The average molecular weight is 1450 g/mol. The van der Waals surface area contributed by atoms with Crippen LogP contribution in [-0.4, -0.2) is 429 Å². The Morgan fingerprint density at radius 3 is 0.687 bits per heavy atom. The maximum atomic E-state index is 14.9. The number of aromatic nitrogens is 1. The van der Waals surface area contributed by atoms with Crippen LogP contribution in [0.3, 0.4) is 0 Å². The summed E-state index contributed by atoms with van der Waals surface area (Å²) in [5.74, 6) is -11.8. The van der Waals surface area contributed by atoms with Gasteiger partial charge in [-0.25, -0.2) is 4.79 Å². The van der Waals surface area contributed by atoms with Crippen molar-refractivity contribution in [3.05, 3.63) is 12.1 Å². The number of carbonyl (C=O) groups is 8. The Bertz CT molecular complexity index is 2080. The summed E-state index contributed by atoms with van der Waals surface area (Å²) in [5, 5.41) is 185. The lowest BCUT2D eigenvalue weighted by Crippen LogP contribution is -2.55. The molecule has 43 heteroatoms. The van der Waals surface area contributed by atoms with E-state index in [2.05, 4.69) is 21.3 Å². The fraction of sp³-hybridized carbons (Fsp3) is 0.786. The van der Waals surface area contributed by atoms with E-state index >= 15 is 0 Å². The van der Waals surface area contributed by atoms with Crippen molar-refractivity contribution in [3.63, 3.8) is 0 Å². The van der Waals surface area contributed by atoms with Gasteiger partial charge in [0.15, 0.2) is 0 Å². The molecule has 0 bridgehead atoms. The minimum atomic E-state index is -1.41. The molecule has 0 aliphatic rings. The van der Waals surface area contributed by atoms with Gasteiger partial charge in [0.25, 0.3) is 0 Å². The molecule has 0 aliphatic heterocycles. The summed E-state index contributed by atoms with van der Waals surface area (Å²) in [6.45, 7) is -23.7. The van der Waals surface area contributed by atoms with Crippen molar-refractivity contribution in [1.29, 1.82) is 0 Å². The fourth-order valence-corrected chi connectivity index (χ4v) is 7.87. The van der Waals surface area contributed by atoms with Gasteiger partial charge in [0.1, 0.15) is 88.1 Å². The minimum Gasteiger partial charge on any atom is -0.492 e. The Balaban J connectivity index is 4.25. The number of nitrogens with zero attached hydrogens (tertiary/aromatic N) is 4. The van der Waals surface area contributed by atoms with E-state index in [1.54, 1.807) is 0 Å². The molecule has 1 aromatic rings. The summed E-state index contributed by atoms with van der Waals surface area (Å²) in [7, 11) is 0. The van der Waals surface area contributed by atoms with Crippen molar-refractivity contribution in [3.8, 4) is 11.8 Å². The third-order valence-electron chi connectivity index (χ3n) is 13.6. The SMILES string of the molecule is O=C(CN(CC(=O)NC(COC(CO)CO)COC(CO)CO)C(=O)CN(CC(=O)N(CC(=O)NC(COC(CO)CO)COC(CO)CO)CC(=O)NC(COC(CO)CO)COC(CO)CO)C(=O)CCC(=O)On1c(O)ccc1O)NC(COC(CO)CO)COC(CO)CO. The molecule has 7 amide bonds. The van der Waals surface area contributed by atoms with Crippen LogP contribution in [0.1, 0.15) is 12.8 Å². The number of hydrogen-bond acceptors (Lipinski definition) is 35. The van der Waals surface area contributed by atoms with Crippen LogP contribution in [0.25, 0.3) is 0 Å². The topological polar surface area (TPSA) is 647 Å². The molecular weight excluding hydrogens is 1340 g/mol. The number of ether oxygens (including phenoxy) is 8. The number of rotatable bonds is 60. The molecule has 0 saturated carbocycles. The highest BCUT2D eigenvalue weighted by Gasteiger charge is 2.33. The molecule has 1 rings (SSSR count). The van der Waals surface area contributed by atoms with Gasteiger partial charge in [-0.05, 0) is 0 Å². The monoisotopic (exact) mass is 1440 g/mol. The van der Waals surface area contributed by atoms with Crippen molar-refractivity contribution in [1.82, 2.24) is 40.7 Å². The van der Waals surface area contributed by atoms with Crippen LogP contribution in [0.15, 0.2) is 12.1 Å². The Morgan fingerprint density at radius 2 is 0.495 bits per heavy atom. The Hall–Kier alpha value is -6.32. The first-order chi connectivity index (χ1) is 47.4. The molecule has 0 saturated heterocycles. The lowest BCUT2D eigenvalue weighted by molar-refractivity contribution is -0.151. The number of hydrogen-bond donors (Lipinski definition) is 22. The van der Waals surface area contributed by atoms with E-state index in [1.165, 1.54) is 0 Å². The highest BCUT2D eigenvalue weighted by atomic mass is 16.7. The molecule has 43 nitrogen and oxygen atoms in total. The Morgan fingerprint density at radius 1 is 0.303 bits per heavy atom. The van der Waals surface area contributed by atoms with Crippen LogP contribution in [0.4, 0.5) is 0 Å². The summed E-state index contributed by atoms with van der Waals surface area (Å²) < 4.78 is 43.9. The lowest BCUT2D eigenvalue weighted by Gasteiger charge is -2.31. The van der Waals surface area contributed by atoms with E-state index in [4.69, 9.17) is 42.7 Å². The van der Waals surface area contributed by atoms with Crippen LogP contribution in [0.2, 0.25) is 0 Å². The molecule has 0 spiro atoms. The van der Waals surface area contributed by atoms with Gasteiger partial charge in [-0.15, -0.1) is 4.73 Å². The van der Waals surface area contributed by atoms with Crippen LogP contribution in [-0.2, 0) is 76.3 Å². The first-order valence-electron chi connectivity index (χ1n) is 30.9. The van der Waals surface area contributed by atoms with Crippen LogP contribution < -0.4 is 26.1 Å². The smallest absolute Gasteiger partial charge is 0.333 e. The second kappa shape index (κ2) is 53.5. The maximum absolute atomic E-state index is 14.9. The summed E-state index contributed by atoms with van der Waals surface area (Å²) in [6, 6.07) is -3.43. The van der Waals surface area contributed by atoms with Crippen molar-refractivity contribution in [2.24, 2.45) is 0 Å². The van der Waals surface area contributed by atoms with Gasteiger partial charge >= 0.3 is 5.97 Å². The molecular formula is C56H100N8O35. The van der Waals surface area contributed by atoms with E-state index in [0.29, 0.717) is 14.7 Å². The molecule has 1 heterocycles. The first kappa shape index (κ1) is 90.7. The standard InChI is InChI=1S/C56H100N8O35/c65-11-39(12-66)91-27-35(28-92-40(13-67)14-68)57-47(81)5-61(6-48(82)58-36(29-93-41(15-69)16-70)30-94-42(17-71)18-72)54(88)9-63(51(85)3-4-56(90)99-64-52(86)1-2-53(64)87)10-55(89)62(7-49(83)59-37(31-95-43(19-73)20-74)32-96-44(21-75)22-76)8-50(84)60-38(33-97-45(23-77)24-78)34-98-46(25-79)26-80/h1-2,35-46,65-80,86-87H,3-34H2,(H,57,81)(H,58,82)(H,59,83)(H,60,84). The zero-order chi connectivity index (χ0) is 74.2. The molecule has 22 N–H and O–H groups in total. The third kappa shape index (κ3) is 37.8. The van der Waals surface area contributed by atoms with Gasteiger partial charge < -0.3 is 171 Å². The zero-order valence-corrected chi connectivity index (χ0v) is 54.5. The molecule has 0 radical (unpaired) electrons. The quantitative estimate of drug-likeness (QED) is 0.0288. The molecule has 0 fully saturated rings. The largest absolute Gasteiger partial charge is 0.492 e. The van der Waals surface area contributed by atoms with Gasteiger partial charge in [-0.3, -0.25) is 33.6 Å². The average Bonchev–Trinajstić information content (AvgIpc) is 1.70. The lowest BCUT2D eigenvalue weighted by atomic mass is 10.2. The van der Waals surface area contributed by atoms with Crippen molar-refractivity contribution < 1.29 is 173 Å². The van der Waals surface area contributed by atoms with Gasteiger partial charge in [-0.2, -0.15) is 0 Å². The number of aliphatic hydroxyl groups excluding tert-OH is 16. The second-order valence-corrected chi connectivity index (χ2v) is 21.7. The van der Waals surface area contributed by atoms with Crippen LogP contribution >= 0.6 is 0 Å². The predicted octanol–water partition coefficient (Wildman–Crippen LogP) is -15.0. The summed E-state index contributed by atoms with van der Waals surface area (Å²) in [6.07, 6.45) is -11.8. The van der Waals surface area contributed by atoms with Gasteiger partial charge in [0, 0.05) is 18.6 Å². The third-order valence-corrected chi connectivity index (χ3v) is 13.6. The number of aromatic hydroxyl groups is 2. The molecule has 99 heavy (non-hydrogen) atoms. The van der Waals surface area contributed by atoms with Crippen LogP contribution in [0, 0.1) is 0 Å². The molecule has 0 aromatic carbocycles. The minimum absolute atomic E-state index is 0.256.